The number of hydrogen-bond acceptors (Lipinski definition) is 4. The summed E-state index contributed by atoms with van der Waals surface area (Å²) >= 11 is 0. The molecule has 1 saturated heterocycles. The number of carbonyl (C=O) groups excluding carboxylic acids is 1. The second kappa shape index (κ2) is 5.14. The Balaban J connectivity index is 1.76. The Morgan fingerprint density at radius 1 is 1.33 bits per heavy atom. The van der Waals surface area contributed by atoms with E-state index in [1.165, 1.54) is 16.7 Å². The van der Waals surface area contributed by atoms with E-state index in [-0.39, 0.29) is 17.8 Å². The Morgan fingerprint density at radius 2 is 2.05 bits per heavy atom. The van der Waals surface area contributed by atoms with Crippen LogP contribution in [0.15, 0.2) is 12.1 Å². The van der Waals surface area contributed by atoms with Crippen molar-refractivity contribution in [2.45, 2.75) is 25.3 Å². The highest BCUT2D eigenvalue weighted by Crippen LogP contribution is 2.36. The summed E-state index contributed by atoms with van der Waals surface area (Å²) in [4.78, 5) is 24.8. The van der Waals surface area contributed by atoms with E-state index in [1.807, 2.05) is 4.90 Å². The fourth-order valence-corrected chi connectivity index (χ4v) is 3.69. The first kappa shape index (κ1) is 14.1. The summed E-state index contributed by atoms with van der Waals surface area (Å²) in [6.45, 7) is 1.46. The van der Waals surface area contributed by atoms with E-state index in [1.54, 1.807) is 7.05 Å². The third kappa shape index (κ3) is 2.42. The summed E-state index contributed by atoms with van der Waals surface area (Å²) in [5.74, 6) is 0.836. The van der Waals surface area contributed by atoms with Crippen LogP contribution < -0.4 is 5.73 Å². The molecule has 21 heavy (non-hydrogen) atoms. The third-order valence-corrected chi connectivity index (χ3v) is 4.88. The maximum atomic E-state index is 12.6. The molecular weight excluding hydrogens is 272 g/mol. The van der Waals surface area contributed by atoms with Crippen molar-refractivity contribution in [2.75, 3.05) is 13.1 Å². The number of nitro groups is 1. The smallest absolute Gasteiger partial charge is 0.323 e. The van der Waals surface area contributed by atoms with Gasteiger partial charge in [0.15, 0.2) is 5.69 Å². The van der Waals surface area contributed by atoms with Crippen LogP contribution in [0.2, 0.25) is 0 Å². The number of likely N-dealkylation sites (tertiary alicyclic amines) is 1. The van der Waals surface area contributed by atoms with Crippen LogP contribution in [0.4, 0.5) is 5.82 Å². The molecule has 0 bridgehead atoms. The third-order valence-electron chi connectivity index (χ3n) is 4.88. The molecule has 2 fully saturated rings. The van der Waals surface area contributed by atoms with Crippen molar-refractivity contribution in [1.82, 2.24) is 9.47 Å². The lowest BCUT2D eigenvalue weighted by Gasteiger charge is -2.27. The van der Waals surface area contributed by atoms with Crippen molar-refractivity contribution >= 4 is 11.7 Å². The fraction of sp³-hybridized carbons (Fsp3) is 0.643. The molecule has 0 radical (unpaired) electrons. The molecule has 3 atom stereocenters. The van der Waals surface area contributed by atoms with E-state index in [4.69, 9.17) is 5.73 Å². The minimum Gasteiger partial charge on any atom is -0.358 e. The number of carbonyl (C=O) groups is 1. The maximum Gasteiger partial charge on any atom is 0.323 e. The molecule has 0 aromatic carbocycles. The Bertz CT molecular complexity index is 583. The molecule has 2 N–H and O–H groups in total. The summed E-state index contributed by atoms with van der Waals surface area (Å²) in [7, 11) is 1.56. The molecule has 0 spiro atoms. The van der Waals surface area contributed by atoms with Crippen LogP contribution in [0.25, 0.3) is 0 Å². The molecule has 7 heteroatoms. The van der Waals surface area contributed by atoms with E-state index in [9.17, 15) is 14.9 Å². The van der Waals surface area contributed by atoms with Crippen LogP contribution >= 0.6 is 0 Å². The highest BCUT2D eigenvalue weighted by molar-refractivity contribution is 5.93. The highest BCUT2D eigenvalue weighted by Gasteiger charge is 2.40. The Kier molecular flexibility index (Phi) is 3.44. The maximum absolute atomic E-state index is 12.6. The molecule has 114 valence electrons. The van der Waals surface area contributed by atoms with Crippen molar-refractivity contribution in [1.29, 1.82) is 0 Å². The van der Waals surface area contributed by atoms with E-state index >= 15 is 0 Å². The van der Waals surface area contributed by atoms with Gasteiger partial charge >= 0.3 is 5.82 Å². The zero-order valence-corrected chi connectivity index (χ0v) is 12.1. The average molecular weight is 292 g/mol. The minimum atomic E-state index is -0.473. The molecule has 1 saturated carbocycles. The number of aromatic nitrogens is 1. The van der Waals surface area contributed by atoms with Gasteiger partial charge in [0.2, 0.25) is 0 Å². The van der Waals surface area contributed by atoms with Gasteiger partial charge in [-0.1, -0.05) is 0 Å². The quantitative estimate of drug-likeness (QED) is 0.653. The molecule has 3 rings (SSSR count). The summed E-state index contributed by atoms with van der Waals surface area (Å²) in [5, 5.41) is 10.9. The molecule has 1 aliphatic carbocycles. The van der Waals surface area contributed by atoms with Crippen LogP contribution in [-0.2, 0) is 7.05 Å². The van der Waals surface area contributed by atoms with Gasteiger partial charge in [-0.25, -0.2) is 4.57 Å². The SMILES string of the molecule is Cn1c(C(=O)N2C[C@H]3CCC(N)C[C@H]3C2)ccc1[N+](=O)[O-]. The molecule has 1 aromatic rings. The van der Waals surface area contributed by atoms with Gasteiger partial charge in [-0.3, -0.25) is 4.79 Å². The first-order valence-corrected chi connectivity index (χ1v) is 7.32. The van der Waals surface area contributed by atoms with Gasteiger partial charge in [0.1, 0.15) is 0 Å². The van der Waals surface area contributed by atoms with Crippen LogP contribution in [0, 0.1) is 22.0 Å². The number of rotatable bonds is 2. The summed E-state index contributed by atoms with van der Waals surface area (Å²) in [6, 6.07) is 3.16. The number of nitrogens with zero attached hydrogens (tertiary/aromatic N) is 3. The van der Waals surface area contributed by atoms with E-state index in [0.29, 0.717) is 17.5 Å². The van der Waals surface area contributed by atoms with E-state index < -0.39 is 4.92 Å². The van der Waals surface area contributed by atoms with Gasteiger partial charge in [-0.05, 0) is 42.1 Å². The van der Waals surface area contributed by atoms with Gasteiger partial charge in [-0.15, -0.1) is 0 Å². The Morgan fingerprint density at radius 3 is 2.71 bits per heavy atom. The van der Waals surface area contributed by atoms with Crippen LogP contribution in [0.1, 0.15) is 29.8 Å². The van der Waals surface area contributed by atoms with Crippen molar-refractivity contribution in [2.24, 2.45) is 24.6 Å². The van der Waals surface area contributed by atoms with Crippen LogP contribution in [0.5, 0.6) is 0 Å². The number of hydrogen-bond donors (Lipinski definition) is 1. The predicted octanol–water partition coefficient (Wildman–Crippen LogP) is 1.13. The lowest BCUT2D eigenvalue weighted by atomic mass is 9.79. The first-order valence-electron chi connectivity index (χ1n) is 7.32. The van der Waals surface area contributed by atoms with Crippen molar-refractivity contribution in [3.63, 3.8) is 0 Å². The van der Waals surface area contributed by atoms with Crippen LogP contribution in [0.3, 0.4) is 0 Å². The molecule has 7 nitrogen and oxygen atoms in total. The molecular formula is C14H20N4O3. The van der Waals surface area contributed by atoms with Gasteiger partial charge in [0.25, 0.3) is 5.91 Å². The fourth-order valence-electron chi connectivity index (χ4n) is 3.69. The highest BCUT2D eigenvalue weighted by atomic mass is 16.6. The van der Waals surface area contributed by atoms with E-state index in [0.717, 1.165) is 32.4 Å². The van der Waals surface area contributed by atoms with Crippen molar-refractivity contribution in [3.05, 3.63) is 27.9 Å². The second-order valence-corrected chi connectivity index (χ2v) is 6.20. The van der Waals surface area contributed by atoms with Crippen molar-refractivity contribution in [3.8, 4) is 0 Å². The molecule has 1 aliphatic heterocycles. The molecule has 1 aromatic heterocycles. The standard InChI is InChI=1S/C14H20N4O3/c1-16-12(4-5-13(16)18(20)21)14(19)17-7-9-2-3-11(15)6-10(9)8-17/h4-5,9-11H,2-3,6-8,15H2,1H3/t9-,10+,11?/m1/s1. The number of nitrogens with two attached hydrogens (primary N) is 1. The molecule has 2 heterocycles. The molecule has 2 aliphatic rings. The zero-order chi connectivity index (χ0) is 15.1. The topological polar surface area (TPSA) is 94.4 Å². The lowest BCUT2D eigenvalue weighted by molar-refractivity contribution is -0.391. The van der Waals surface area contributed by atoms with Crippen molar-refractivity contribution < 1.29 is 9.72 Å². The molecule has 1 amide bonds. The minimum absolute atomic E-state index is 0.0583. The lowest BCUT2D eigenvalue weighted by Crippen LogP contribution is -2.32. The van der Waals surface area contributed by atoms with Gasteiger partial charge in [0.05, 0.1) is 7.05 Å². The summed E-state index contributed by atoms with van der Waals surface area (Å²) in [5.41, 5.74) is 6.38. The number of amides is 1. The monoisotopic (exact) mass is 292 g/mol. The van der Waals surface area contributed by atoms with Gasteiger partial charge in [-0.2, -0.15) is 0 Å². The zero-order valence-electron chi connectivity index (χ0n) is 12.1. The predicted molar refractivity (Wildman–Crippen MR) is 76.8 cm³/mol. The largest absolute Gasteiger partial charge is 0.358 e. The second-order valence-electron chi connectivity index (χ2n) is 6.20. The Hall–Kier alpha value is -1.89. The van der Waals surface area contributed by atoms with Crippen LogP contribution in [-0.4, -0.2) is 39.4 Å². The normalized spacial score (nSPS) is 28.5. The van der Waals surface area contributed by atoms with Gasteiger partial charge in [0, 0.05) is 25.2 Å². The summed E-state index contributed by atoms with van der Waals surface area (Å²) in [6.07, 6.45) is 3.07. The summed E-state index contributed by atoms with van der Waals surface area (Å²) < 4.78 is 1.36. The Labute approximate surface area is 122 Å². The van der Waals surface area contributed by atoms with E-state index in [2.05, 4.69) is 0 Å². The number of fused-ring (bicyclic) bond motifs is 1. The average Bonchev–Trinajstić information content (AvgIpc) is 3.00. The van der Waals surface area contributed by atoms with Gasteiger partial charge < -0.3 is 20.7 Å². The first-order chi connectivity index (χ1) is 9.97. The molecule has 1 unspecified atom stereocenters.